The smallest absolute Gasteiger partial charge is 0.256 e. The number of fused-ring (bicyclic) bond motifs is 1. The van der Waals surface area contributed by atoms with Crippen molar-refractivity contribution in [3.8, 4) is 11.6 Å². The fourth-order valence-electron chi connectivity index (χ4n) is 3.11. The molecule has 0 saturated carbocycles. The van der Waals surface area contributed by atoms with Crippen LogP contribution in [0, 0.1) is 6.92 Å². The number of aryl methyl sites for hydroxylation is 1. The minimum atomic E-state index is -0.0391. The first kappa shape index (κ1) is 16.9. The summed E-state index contributed by atoms with van der Waals surface area (Å²) in [5, 5.41) is 1.41. The van der Waals surface area contributed by atoms with E-state index in [1.807, 2.05) is 25.3 Å². The van der Waals surface area contributed by atoms with Crippen molar-refractivity contribution in [2.24, 2.45) is 0 Å². The third-order valence-electron chi connectivity index (χ3n) is 4.41. The molecule has 7 heteroatoms. The van der Waals surface area contributed by atoms with Gasteiger partial charge in [0.05, 0.1) is 18.8 Å². The summed E-state index contributed by atoms with van der Waals surface area (Å²) < 4.78 is 11.2. The van der Waals surface area contributed by atoms with Crippen LogP contribution in [0.4, 0.5) is 0 Å². The highest BCUT2D eigenvalue weighted by atomic mass is 35.5. The van der Waals surface area contributed by atoms with Crippen molar-refractivity contribution in [2.45, 2.75) is 6.92 Å². The lowest BCUT2D eigenvalue weighted by Crippen LogP contribution is -2.40. The van der Waals surface area contributed by atoms with Crippen molar-refractivity contribution < 1.29 is 14.3 Å². The number of carbonyl (C=O) groups is 1. The maximum atomic E-state index is 12.9. The van der Waals surface area contributed by atoms with Crippen molar-refractivity contribution in [3.63, 3.8) is 0 Å². The molecule has 1 aromatic carbocycles. The Morgan fingerprint density at radius 2 is 2.15 bits per heavy atom. The Balaban J connectivity index is 1.73. The Bertz CT molecular complexity index is 964. The standard InChI is InChI=1S/C19H18ClN3O3/c1-12-10-21-17-16(12)15(19(24)23-5-7-25-8-6-23)11-22-18(17)26-14-4-2-3-13(20)9-14/h2-4,9-11,21H,5-8H2,1H3. The van der Waals surface area contributed by atoms with Gasteiger partial charge < -0.3 is 19.4 Å². The third-order valence-corrected chi connectivity index (χ3v) is 4.65. The number of rotatable bonds is 3. The molecule has 0 bridgehead atoms. The van der Waals surface area contributed by atoms with Crippen molar-refractivity contribution >= 4 is 28.4 Å². The molecule has 1 fully saturated rings. The molecule has 1 aliphatic heterocycles. The Kier molecular flexibility index (Phi) is 4.53. The average Bonchev–Trinajstić information content (AvgIpc) is 3.05. The minimum Gasteiger partial charge on any atom is -0.437 e. The number of aromatic nitrogens is 2. The van der Waals surface area contributed by atoms with Gasteiger partial charge in [0, 0.05) is 35.9 Å². The van der Waals surface area contributed by atoms with Gasteiger partial charge in [0.1, 0.15) is 11.3 Å². The molecule has 6 nitrogen and oxygen atoms in total. The number of halogens is 1. The van der Waals surface area contributed by atoms with E-state index in [0.29, 0.717) is 54.0 Å². The minimum absolute atomic E-state index is 0.0391. The van der Waals surface area contributed by atoms with E-state index in [0.717, 1.165) is 10.9 Å². The van der Waals surface area contributed by atoms with Gasteiger partial charge in [0.2, 0.25) is 5.88 Å². The van der Waals surface area contributed by atoms with Crippen LogP contribution >= 0.6 is 11.6 Å². The number of aromatic amines is 1. The SMILES string of the molecule is Cc1c[nH]c2c(Oc3cccc(Cl)c3)ncc(C(=O)N3CCOCC3)c12. The van der Waals surface area contributed by atoms with Gasteiger partial charge in [0.15, 0.2) is 0 Å². The van der Waals surface area contributed by atoms with Crippen LogP contribution in [0.2, 0.25) is 5.02 Å². The first-order valence-corrected chi connectivity index (χ1v) is 8.78. The Morgan fingerprint density at radius 3 is 2.92 bits per heavy atom. The summed E-state index contributed by atoms with van der Waals surface area (Å²) in [4.78, 5) is 22.3. The lowest BCUT2D eigenvalue weighted by Gasteiger charge is -2.27. The number of hydrogen-bond donors (Lipinski definition) is 1. The molecule has 26 heavy (non-hydrogen) atoms. The largest absolute Gasteiger partial charge is 0.437 e. The fourth-order valence-corrected chi connectivity index (χ4v) is 3.29. The van der Waals surface area contributed by atoms with Crippen LogP contribution in [0.1, 0.15) is 15.9 Å². The molecule has 3 aromatic rings. The molecule has 0 atom stereocenters. The fraction of sp³-hybridized carbons (Fsp3) is 0.263. The summed E-state index contributed by atoms with van der Waals surface area (Å²) in [5.41, 5.74) is 2.23. The van der Waals surface area contributed by atoms with Crippen LogP contribution < -0.4 is 4.74 Å². The predicted molar refractivity (Wildman–Crippen MR) is 99.1 cm³/mol. The molecular weight excluding hydrogens is 354 g/mol. The Hall–Kier alpha value is -2.57. The molecule has 134 valence electrons. The van der Waals surface area contributed by atoms with Gasteiger partial charge in [-0.3, -0.25) is 4.79 Å². The number of carbonyl (C=O) groups excluding carboxylic acids is 1. The molecular formula is C19H18ClN3O3. The number of nitrogens with zero attached hydrogens (tertiary/aromatic N) is 2. The first-order chi connectivity index (χ1) is 12.6. The molecule has 2 aromatic heterocycles. The molecule has 1 N–H and O–H groups in total. The van der Waals surface area contributed by atoms with Crippen LogP contribution in [0.15, 0.2) is 36.7 Å². The number of ether oxygens (including phenoxy) is 2. The number of amides is 1. The zero-order chi connectivity index (χ0) is 18.1. The van der Waals surface area contributed by atoms with Crippen molar-refractivity contribution in [1.29, 1.82) is 0 Å². The number of pyridine rings is 1. The molecule has 1 saturated heterocycles. The van der Waals surface area contributed by atoms with Crippen molar-refractivity contribution in [1.82, 2.24) is 14.9 Å². The van der Waals surface area contributed by atoms with E-state index >= 15 is 0 Å². The van der Waals surface area contributed by atoms with Crippen molar-refractivity contribution in [3.05, 3.63) is 52.8 Å². The highest BCUT2D eigenvalue weighted by Crippen LogP contribution is 2.32. The topological polar surface area (TPSA) is 67.5 Å². The van der Waals surface area contributed by atoms with Crippen LogP contribution in [-0.4, -0.2) is 47.1 Å². The molecule has 0 aliphatic carbocycles. The lowest BCUT2D eigenvalue weighted by molar-refractivity contribution is 0.0304. The van der Waals surface area contributed by atoms with E-state index in [-0.39, 0.29) is 5.91 Å². The van der Waals surface area contributed by atoms with Gasteiger partial charge in [-0.15, -0.1) is 0 Å². The number of morpholine rings is 1. The van der Waals surface area contributed by atoms with E-state index in [1.165, 1.54) is 0 Å². The van der Waals surface area contributed by atoms with E-state index in [2.05, 4.69) is 9.97 Å². The van der Waals surface area contributed by atoms with Gasteiger partial charge in [-0.25, -0.2) is 4.98 Å². The van der Waals surface area contributed by atoms with E-state index in [4.69, 9.17) is 21.1 Å². The van der Waals surface area contributed by atoms with Crippen molar-refractivity contribution in [2.75, 3.05) is 26.3 Å². The number of benzene rings is 1. The molecule has 0 radical (unpaired) electrons. The number of H-pyrrole nitrogens is 1. The second-order valence-corrected chi connectivity index (χ2v) is 6.60. The second-order valence-electron chi connectivity index (χ2n) is 6.16. The molecule has 4 rings (SSSR count). The van der Waals surface area contributed by atoms with Crippen LogP contribution in [0.25, 0.3) is 10.9 Å². The molecule has 3 heterocycles. The zero-order valence-corrected chi connectivity index (χ0v) is 15.0. The Labute approximate surface area is 155 Å². The van der Waals surface area contributed by atoms with Crippen LogP contribution in [0.3, 0.4) is 0 Å². The lowest BCUT2D eigenvalue weighted by atomic mass is 10.1. The first-order valence-electron chi connectivity index (χ1n) is 8.40. The third kappa shape index (κ3) is 3.13. The maximum Gasteiger partial charge on any atom is 0.256 e. The average molecular weight is 372 g/mol. The Morgan fingerprint density at radius 1 is 1.35 bits per heavy atom. The van der Waals surface area contributed by atoms with E-state index < -0.39 is 0 Å². The summed E-state index contributed by atoms with van der Waals surface area (Å²) in [6.45, 7) is 4.25. The monoisotopic (exact) mass is 371 g/mol. The summed E-state index contributed by atoms with van der Waals surface area (Å²) in [7, 11) is 0. The molecule has 0 spiro atoms. The maximum absolute atomic E-state index is 12.9. The quantitative estimate of drug-likeness (QED) is 0.760. The van der Waals surface area contributed by atoms with Gasteiger partial charge in [-0.1, -0.05) is 17.7 Å². The van der Waals surface area contributed by atoms with E-state index in [9.17, 15) is 4.79 Å². The predicted octanol–water partition coefficient (Wildman–Crippen LogP) is 3.79. The summed E-state index contributed by atoms with van der Waals surface area (Å²) in [6.07, 6.45) is 3.44. The summed E-state index contributed by atoms with van der Waals surface area (Å²) >= 11 is 6.02. The second kappa shape index (κ2) is 6.97. The summed E-state index contributed by atoms with van der Waals surface area (Å²) in [6, 6.07) is 7.12. The molecule has 1 aliphatic rings. The number of hydrogen-bond acceptors (Lipinski definition) is 4. The number of nitrogens with one attached hydrogen (secondary N) is 1. The summed E-state index contributed by atoms with van der Waals surface area (Å²) in [5.74, 6) is 0.961. The van der Waals surface area contributed by atoms with Gasteiger partial charge in [-0.2, -0.15) is 0 Å². The molecule has 1 amide bonds. The van der Waals surface area contributed by atoms with Gasteiger partial charge in [-0.05, 0) is 30.7 Å². The highest BCUT2D eigenvalue weighted by molar-refractivity contribution is 6.30. The molecule has 0 unspecified atom stereocenters. The van der Waals surface area contributed by atoms with Gasteiger partial charge in [0.25, 0.3) is 5.91 Å². The van der Waals surface area contributed by atoms with Crippen LogP contribution in [0.5, 0.6) is 11.6 Å². The highest BCUT2D eigenvalue weighted by Gasteiger charge is 2.23. The van der Waals surface area contributed by atoms with E-state index in [1.54, 1.807) is 23.2 Å². The normalized spacial score (nSPS) is 14.6. The zero-order valence-electron chi connectivity index (χ0n) is 14.3. The van der Waals surface area contributed by atoms with Gasteiger partial charge >= 0.3 is 0 Å². The van der Waals surface area contributed by atoms with Crippen LogP contribution in [-0.2, 0) is 4.74 Å².